The van der Waals surface area contributed by atoms with E-state index in [2.05, 4.69) is 17.4 Å². The second kappa shape index (κ2) is 8.19. The molecule has 3 atom stereocenters. The lowest BCUT2D eigenvalue weighted by atomic mass is 10.0. The number of ether oxygens (including phenoxy) is 1. The van der Waals surface area contributed by atoms with Gasteiger partial charge in [0.25, 0.3) is 11.8 Å². The van der Waals surface area contributed by atoms with Gasteiger partial charge in [-0.15, -0.1) is 11.3 Å². The molecule has 2 amide bonds. The number of piperidine rings is 1. The van der Waals surface area contributed by atoms with Gasteiger partial charge in [-0.25, -0.2) is 4.98 Å². The summed E-state index contributed by atoms with van der Waals surface area (Å²) in [5.41, 5.74) is 3.30. The van der Waals surface area contributed by atoms with E-state index in [9.17, 15) is 9.59 Å². The van der Waals surface area contributed by atoms with Gasteiger partial charge in [-0.05, 0) is 48.8 Å². The average molecular weight is 486 g/mol. The van der Waals surface area contributed by atoms with E-state index in [-0.39, 0.29) is 17.9 Å². The molecule has 0 spiro atoms. The maximum atomic E-state index is 13.9. The minimum absolute atomic E-state index is 0.00690. The van der Waals surface area contributed by atoms with Crippen molar-refractivity contribution in [1.29, 1.82) is 0 Å². The highest BCUT2D eigenvalue weighted by molar-refractivity contribution is 7.15. The molecule has 1 saturated heterocycles. The van der Waals surface area contributed by atoms with Crippen LogP contribution in [0.4, 0.5) is 0 Å². The summed E-state index contributed by atoms with van der Waals surface area (Å²) in [7, 11) is 0. The summed E-state index contributed by atoms with van der Waals surface area (Å²) in [6.07, 6.45) is 4.21. The first-order valence-electron chi connectivity index (χ1n) is 12.6. The van der Waals surface area contributed by atoms with Gasteiger partial charge in [-0.3, -0.25) is 9.59 Å². The van der Waals surface area contributed by atoms with Crippen LogP contribution in [-0.2, 0) is 6.42 Å². The topological polar surface area (TPSA) is 71.5 Å². The van der Waals surface area contributed by atoms with Crippen LogP contribution < -0.4 is 10.1 Å². The molecular weight excluding hydrogens is 458 g/mol. The normalized spacial score (nSPS) is 24.0. The Hall–Kier alpha value is -3.19. The van der Waals surface area contributed by atoms with Crippen molar-refractivity contribution in [1.82, 2.24) is 15.2 Å². The Labute approximate surface area is 208 Å². The summed E-state index contributed by atoms with van der Waals surface area (Å²) in [4.78, 5) is 34.8. The predicted octanol–water partition coefficient (Wildman–Crippen LogP) is 4.51. The fourth-order valence-electron chi connectivity index (χ4n) is 5.70. The Balaban J connectivity index is 1.13. The molecule has 2 aromatic carbocycles. The fraction of sp³-hybridized carbons (Fsp3) is 0.393. The number of nitrogens with zero attached hydrogens (tertiary/aromatic N) is 2. The van der Waals surface area contributed by atoms with Crippen molar-refractivity contribution in [3.63, 3.8) is 0 Å². The molecule has 2 saturated carbocycles. The minimum atomic E-state index is -0.0847. The molecule has 4 aliphatic rings. The molecule has 0 unspecified atom stereocenters. The number of carbonyl (C=O) groups excluding carboxylic acids is 2. The van der Waals surface area contributed by atoms with E-state index < -0.39 is 0 Å². The van der Waals surface area contributed by atoms with Gasteiger partial charge in [0.2, 0.25) is 0 Å². The third kappa shape index (κ3) is 3.73. The molecular formula is C28H27N3O3S. The van der Waals surface area contributed by atoms with Crippen LogP contribution in [-0.4, -0.2) is 47.4 Å². The smallest absolute Gasteiger partial charge is 0.274 e. The van der Waals surface area contributed by atoms with E-state index in [1.807, 2.05) is 41.3 Å². The molecule has 0 bridgehead atoms. The van der Waals surface area contributed by atoms with Crippen molar-refractivity contribution in [3.05, 3.63) is 70.4 Å². The number of aromatic nitrogens is 1. The van der Waals surface area contributed by atoms with Crippen LogP contribution in [0.2, 0.25) is 0 Å². The van der Waals surface area contributed by atoms with Crippen LogP contribution in [0.1, 0.15) is 56.6 Å². The Morgan fingerprint density at radius 3 is 2.80 bits per heavy atom. The van der Waals surface area contributed by atoms with Gasteiger partial charge in [0, 0.05) is 36.6 Å². The highest BCUT2D eigenvalue weighted by Crippen LogP contribution is 2.51. The molecule has 7 heteroatoms. The first-order valence-corrected chi connectivity index (χ1v) is 13.4. The molecule has 178 valence electrons. The monoisotopic (exact) mass is 485 g/mol. The van der Waals surface area contributed by atoms with Crippen molar-refractivity contribution in [3.8, 4) is 16.2 Å². The van der Waals surface area contributed by atoms with Crippen LogP contribution in [0.25, 0.3) is 10.4 Å². The predicted molar refractivity (Wildman–Crippen MR) is 134 cm³/mol. The molecule has 0 radical (unpaired) electrons. The van der Waals surface area contributed by atoms with Crippen molar-refractivity contribution < 1.29 is 14.3 Å². The van der Waals surface area contributed by atoms with Gasteiger partial charge in [0.15, 0.2) is 0 Å². The standard InChI is InChI=1S/C28H27N3O3S/c32-26(20-7-4-8-23-19(20)11-12-34-23)29-14-22-21-13-18(21)15-31(22)28(33)24-25(16-5-2-1-3-6-16)35-27(30-24)17-9-10-17/h1-8,17-18,21-22H,9-15H2,(H,29,32)/t18-,21-,22+/m0/s1. The van der Waals surface area contributed by atoms with Gasteiger partial charge in [-0.1, -0.05) is 36.4 Å². The van der Waals surface area contributed by atoms with Crippen LogP contribution >= 0.6 is 11.3 Å². The highest BCUT2D eigenvalue weighted by Gasteiger charge is 2.54. The quantitative estimate of drug-likeness (QED) is 0.558. The number of fused-ring (bicyclic) bond motifs is 2. The Bertz CT molecular complexity index is 1320. The van der Waals surface area contributed by atoms with Crippen LogP contribution in [0.5, 0.6) is 5.75 Å². The lowest BCUT2D eigenvalue weighted by Crippen LogP contribution is -2.45. The average Bonchev–Trinajstić information content (AvgIpc) is 3.74. The number of carbonyl (C=O) groups is 2. The van der Waals surface area contributed by atoms with Crippen molar-refractivity contribution in [2.75, 3.05) is 19.7 Å². The number of hydrogen-bond donors (Lipinski definition) is 1. The van der Waals surface area contributed by atoms with E-state index in [0.717, 1.165) is 59.0 Å². The zero-order valence-corrected chi connectivity index (χ0v) is 20.2. The third-order valence-electron chi connectivity index (χ3n) is 7.83. The molecule has 2 aliphatic heterocycles. The van der Waals surface area contributed by atoms with E-state index >= 15 is 0 Å². The molecule has 35 heavy (non-hydrogen) atoms. The number of benzene rings is 2. The molecule has 6 nitrogen and oxygen atoms in total. The van der Waals surface area contributed by atoms with Gasteiger partial charge in [0.1, 0.15) is 11.4 Å². The van der Waals surface area contributed by atoms with E-state index in [0.29, 0.717) is 42.2 Å². The summed E-state index contributed by atoms with van der Waals surface area (Å²) < 4.78 is 5.62. The third-order valence-corrected chi connectivity index (χ3v) is 9.10. The summed E-state index contributed by atoms with van der Waals surface area (Å²) in [5, 5.41) is 4.22. The number of likely N-dealkylation sites (tertiary alicyclic amines) is 1. The first kappa shape index (κ1) is 21.1. The second-order valence-electron chi connectivity index (χ2n) is 10.1. The van der Waals surface area contributed by atoms with Crippen LogP contribution in [0, 0.1) is 11.8 Å². The first-order chi connectivity index (χ1) is 17.2. The molecule has 2 aliphatic carbocycles. The molecule has 1 N–H and O–H groups in total. The zero-order valence-electron chi connectivity index (χ0n) is 19.4. The lowest BCUT2D eigenvalue weighted by Gasteiger charge is -2.27. The van der Waals surface area contributed by atoms with Crippen molar-refractivity contribution in [2.45, 2.75) is 37.6 Å². The number of thiazole rings is 1. The molecule has 7 rings (SSSR count). The zero-order chi connectivity index (χ0) is 23.5. The largest absolute Gasteiger partial charge is 0.493 e. The summed E-state index contributed by atoms with van der Waals surface area (Å²) in [6.45, 7) is 1.84. The summed E-state index contributed by atoms with van der Waals surface area (Å²) in [6, 6.07) is 15.8. The summed E-state index contributed by atoms with van der Waals surface area (Å²) in [5.74, 6) is 2.23. The Kier molecular flexibility index (Phi) is 4.94. The fourth-order valence-corrected chi connectivity index (χ4v) is 6.93. The van der Waals surface area contributed by atoms with E-state index in [1.54, 1.807) is 11.3 Å². The van der Waals surface area contributed by atoms with Gasteiger partial charge in [-0.2, -0.15) is 0 Å². The van der Waals surface area contributed by atoms with E-state index in [4.69, 9.17) is 9.72 Å². The summed E-state index contributed by atoms with van der Waals surface area (Å²) >= 11 is 1.67. The maximum absolute atomic E-state index is 13.9. The molecule has 3 fully saturated rings. The molecule has 3 aromatic rings. The highest BCUT2D eigenvalue weighted by atomic mass is 32.1. The maximum Gasteiger partial charge on any atom is 0.274 e. The number of rotatable bonds is 6. The Morgan fingerprint density at radius 2 is 1.97 bits per heavy atom. The number of amides is 2. The molecule has 3 heterocycles. The number of nitrogens with one attached hydrogen (secondary N) is 1. The minimum Gasteiger partial charge on any atom is -0.493 e. The number of hydrogen-bond acceptors (Lipinski definition) is 5. The van der Waals surface area contributed by atoms with E-state index in [1.165, 1.54) is 0 Å². The Morgan fingerprint density at radius 1 is 1.11 bits per heavy atom. The van der Waals surface area contributed by atoms with Crippen molar-refractivity contribution in [2.24, 2.45) is 11.8 Å². The SMILES string of the molecule is O=C(NC[C@@H]1[C@H]2C[C@H]2CN1C(=O)c1nc(C2CC2)sc1-c1ccccc1)c1cccc2c1CCO2. The second-order valence-corrected chi connectivity index (χ2v) is 11.2. The van der Waals surface area contributed by atoms with Gasteiger partial charge < -0.3 is 15.0 Å². The van der Waals surface area contributed by atoms with Crippen molar-refractivity contribution >= 4 is 23.2 Å². The lowest BCUT2D eigenvalue weighted by molar-refractivity contribution is 0.0690. The van der Waals surface area contributed by atoms with Crippen LogP contribution in [0.15, 0.2) is 48.5 Å². The van der Waals surface area contributed by atoms with Gasteiger partial charge in [0.05, 0.1) is 22.5 Å². The van der Waals surface area contributed by atoms with Crippen LogP contribution in [0.3, 0.4) is 0 Å². The van der Waals surface area contributed by atoms with Gasteiger partial charge >= 0.3 is 0 Å². The molecule has 1 aromatic heterocycles.